The van der Waals surface area contributed by atoms with Crippen LogP contribution in [0.15, 0.2) is 12.1 Å². The summed E-state index contributed by atoms with van der Waals surface area (Å²) in [5.74, 6) is 0.106. The third-order valence-corrected chi connectivity index (χ3v) is 2.97. The molecular formula is C16H25N3O5. The van der Waals surface area contributed by atoms with Crippen LogP contribution in [0.2, 0.25) is 0 Å². The predicted octanol–water partition coefficient (Wildman–Crippen LogP) is 1.27. The molecule has 0 aromatic carbocycles. The topological polar surface area (TPSA) is 121 Å². The van der Waals surface area contributed by atoms with Crippen molar-refractivity contribution in [1.82, 2.24) is 10.3 Å². The molecule has 0 saturated carbocycles. The van der Waals surface area contributed by atoms with E-state index in [0.717, 1.165) is 0 Å². The number of nitrogens with zero attached hydrogens (tertiary/aromatic N) is 1. The van der Waals surface area contributed by atoms with E-state index in [1.165, 1.54) is 13.0 Å². The zero-order valence-electron chi connectivity index (χ0n) is 14.6. The van der Waals surface area contributed by atoms with Gasteiger partial charge < -0.3 is 25.6 Å². The maximum absolute atomic E-state index is 11.6. The first kappa shape index (κ1) is 19.9. The molecule has 2 amide bonds. The van der Waals surface area contributed by atoms with Crippen LogP contribution < -0.4 is 10.6 Å². The summed E-state index contributed by atoms with van der Waals surface area (Å²) in [4.78, 5) is 26.7. The average molecular weight is 339 g/mol. The van der Waals surface area contributed by atoms with Crippen LogP contribution >= 0.6 is 0 Å². The fourth-order valence-corrected chi connectivity index (χ4v) is 1.96. The number of anilines is 1. The van der Waals surface area contributed by atoms with Crippen LogP contribution in [0, 0.1) is 6.92 Å². The highest BCUT2D eigenvalue weighted by molar-refractivity contribution is 5.87. The molecule has 0 spiro atoms. The van der Waals surface area contributed by atoms with E-state index in [2.05, 4.69) is 15.6 Å². The van der Waals surface area contributed by atoms with Crippen molar-refractivity contribution in [2.45, 2.75) is 52.4 Å². The second-order valence-corrected chi connectivity index (χ2v) is 6.45. The summed E-state index contributed by atoms with van der Waals surface area (Å²) < 4.78 is 5.05. The Hall–Kier alpha value is -2.19. The van der Waals surface area contributed by atoms with Crippen LogP contribution in [0.1, 0.15) is 45.1 Å². The molecular weight excluding hydrogens is 314 g/mol. The number of aliphatic hydroxyl groups excluding tert-OH is 2. The molecule has 1 aromatic heterocycles. The zero-order valence-corrected chi connectivity index (χ0v) is 14.6. The van der Waals surface area contributed by atoms with Crippen molar-refractivity contribution < 1.29 is 24.5 Å². The number of ether oxygens (including phenoxy) is 1. The van der Waals surface area contributed by atoms with Gasteiger partial charge in [-0.05, 0) is 33.8 Å². The number of carbonyl (C=O) groups excluding carboxylic acids is 2. The van der Waals surface area contributed by atoms with Gasteiger partial charge >= 0.3 is 6.09 Å². The number of aliphatic hydroxyl groups is 2. The number of pyridine rings is 1. The van der Waals surface area contributed by atoms with Crippen LogP contribution in [-0.2, 0) is 9.53 Å². The quantitative estimate of drug-likeness (QED) is 0.641. The number of hydrogen-bond donors (Lipinski definition) is 4. The molecule has 24 heavy (non-hydrogen) atoms. The lowest BCUT2D eigenvalue weighted by molar-refractivity contribution is -0.114. The molecule has 0 saturated heterocycles. The van der Waals surface area contributed by atoms with Crippen molar-refractivity contribution in [2.75, 3.05) is 11.9 Å². The fraction of sp³-hybridized carbons (Fsp3) is 0.562. The number of amides is 2. The third-order valence-electron chi connectivity index (χ3n) is 2.97. The van der Waals surface area contributed by atoms with E-state index in [4.69, 9.17) is 4.74 Å². The van der Waals surface area contributed by atoms with Crippen molar-refractivity contribution in [3.8, 4) is 0 Å². The summed E-state index contributed by atoms with van der Waals surface area (Å²) in [5.41, 5.74) is 0.223. The Balaban J connectivity index is 2.67. The Labute approximate surface area is 141 Å². The van der Waals surface area contributed by atoms with E-state index in [1.54, 1.807) is 33.8 Å². The molecule has 0 aliphatic heterocycles. The smallest absolute Gasteiger partial charge is 0.407 e. The molecule has 0 aliphatic carbocycles. The van der Waals surface area contributed by atoms with Crippen molar-refractivity contribution in [3.63, 3.8) is 0 Å². The summed E-state index contributed by atoms with van der Waals surface area (Å²) in [6.45, 7) is 8.02. The SMILES string of the molecule is CC(=O)Nc1ccc(C(O)C(O)CNC(=O)OC(C)(C)C)c(C)n1. The Morgan fingerprint density at radius 2 is 1.92 bits per heavy atom. The summed E-state index contributed by atoms with van der Waals surface area (Å²) >= 11 is 0. The second-order valence-electron chi connectivity index (χ2n) is 6.45. The Morgan fingerprint density at radius 3 is 2.42 bits per heavy atom. The van der Waals surface area contributed by atoms with E-state index >= 15 is 0 Å². The van der Waals surface area contributed by atoms with Gasteiger partial charge in [-0.2, -0.15) is 0 Å². The van der Waals surface area contributed by atoms with Crippen molar-refractivity contribution >= 4 is 17.8 Å². The minimum absolute atomic E-state index is 0.178. The molecule has 1 heterocycles. The number of carbonyl (C=O) groups is 2. The van der Waals surface area contributed by atoms with Gasteiger partial charge in [0.05, 0.1) is 0 Å². The van der Waals surface area contributed by atoms with E-state index in [0.29, 0.717) is 17.1 Å². The average Bonchev–Trinajstić information content (AvgIpc) is 2.41. The molecule has 0 bridgehead atoms. The number of aromatic nitrogens is 1. The first-order valence-corrected chi connectivity index (χ1v) is 7.57. The van der Waals surface area contributed by atoms with Gasteiger partial charge in [-0.25, -0.2) is 9.78 Å². The normalized spacial score (nSPS) is 13.8. The lowest BCUT2D eigenvalue weighted by atomic mass is 10.0. The predicted molar refractivity (Wildman–Crippen MR) is 88.5 cm³/mol. The maximum Gasteiger partial charge on any atom is 0.407 e. The van der Waals surface area contributed by atoms with Crippen LogP contribution in [0.3, 0.4) is 0 Å². The second kappa shape index (κ2) is 8.07. The minimum atomic E-state index is -1.24. The Bertz CT molecular complexity index is 598. The van der Waals surface area contributed by atoms with Gasteiger partial charge in [-0.3, -0.25) is 4.79 Å². The van der Waals surface area contributed by atoms with E-state index < -0.39 is 23.9 Å². The standard InChI is InChI=1S/C16H25N3O5/c1-9-11(6-7-13(18-9)19-10(2)20)14(22)12(21)8-17-15(23)24-16(3,4)5/h6-7,12,14,21-22H,8H2,1-5H3,(H,17,23)(H,18,19,20). The molecule has 0 radical (unpaired) electrons. The van der Waals surface area contributed by atoms with Gasteiger partial charge in [-0.1, -0.05) is 6.07 Å². The van der Waals surface area contributed by atoms with Crippen LogP contribution in [0.4, 0.5) is 10.6 Å². The van der Waals surface area contributed by atoms with Gasteiger partial charge in [0.2, 0.25) is 5.91 Å². The van der Waals surface area contributed by atoms with E-state index in [9.17, 15) is 19.8 Å². The summed E-state index contributed by atoms with van der Waals surface area (Å²) in [6, 6.07) is 3.09. The summed E-state index contributed by atoms with van der Waals surface area (Å²) in [7, 11) is 0. The summed E-state index contributed by atoms with van der Waals surface area (Å²) in [5, 5.41) is 25.2. The van der Waals surface area contributed by atoms with Crippen LogP contribution in [-0.4, -0.2) is 45.4 Å². The number of nitrogens with one attached hydrogen (secondary N) is 2. The first-order valence-electron chi connectivity index (χ1n) is 7.57. The van der Waals surface area contributed by atoms with Gasteiger partial charge in [-0.15, -0.1) is 0 Å². The zero-order chi connectivity index (χ0) is 18.5. The molecule has 2 unspecified atom stereocenters. The minimum Gasteiger partial charge on any atom is -0.444 e. The molecule has 1 rings (SSSR count). The van der Waals surface area contributed by atoms with E-state index in [-0.39, 0.29) is 12.5 Å². The van der Waals surface area contributed by atoms with Crippen molar-refractivity contribution in [3.05, 3.63) is 23.4 Å². The molecule has 1 aromatic rings. The van der Waals surface area contributed by atoms with Gasteiger partial charge in [0, 0.05) is 24.7 Å². The molecule has 8 heteroatoms. The highest BCUT2D eigenvalue weighted by Gasteiger charge is 2.23. The highest BCUT2D eigenvalue weighted by Crippen LogP contribution is 2.21. The lowest BCUT2D eigenvalue weighted by Crippen LogP contribution is -2.39. The number of alkyl carbamates (subject to hydrolysis) is 1. The first-order chi connectivity index (χ1) is 11.0. The highest BCUT2D eigenvalue weighted by atomic mass is 16.6. The monoisotopic (exact) mass is 339 g/mol. The molecule has 0 fully saturated rings. The van der Waals surface area contributed by atoms with Crippen LogP contribution in [0.25, 0.3) is 0 Å². The fourth-order valence-electron chi connectivity index (χ4n) is 1.96. The molecule has 0 aliphatic rings. The van der Waals surface area contributed by atoms with Crippen LogP contribution in [0.5, 0.6) is 0 Å². The van der Waals surface area contributed by atoms with Gasteiger partial charge in [0.1, 0.15) is 23.6 Å². The molecule has 4 N–H and O–H groups in total. The number of hydrogen-bond acceptors (Lipinski definition) is 6. The number of aryl methyl sites for hydroxylation is 1. The lowest BCUT2D eigenvalue weighted by Gasteiger charge is -2.23. The molecule has 134 valence electrons. The van der Waals surface area contributed by atoms with Crippen molar-refractivity contribution in [2.24, 2.45) is 0 Å². The Kier molecular flexibility index (Phi) is 6.68. The maximum atomic E-state index is 11.6. The number of rotatable bonds is 5. The summed E-state index contributed by atoms with van der Waals surface area (Å²) in [6.07, 6.45) is -3.15. The third kappa shape index (κ3) is 6.51. The van der Waals surface area contributed by atoms with Crippen molar-refractivity contribution in [1.29, 1.82) is 0 Å². The Morgan fingerprint density at radius 1 is 1.29 bits per heavy atom. The van der Waals surface area contributed by atoms with Gasteiger partial charge in [0.15, 0.2) is 0 Å². The van der Waals surface area contributed by atoms with Gasteiger partial charge in [0.25, 0.3) is 0 Å². The largest absolute Gasteiger partial charge is 0.444 e. The molecule has 8 nitrogen and oxygen atoms in total. The van der Waals surface area contributed by atoms with E-state index in [1.807, 2.05) is 0 Å². The molecule has 2 atom stereocenters.